The second-order valence-electron chi connectivity index (χ2n) is 11.1. The van der Waals surface area contributed by atoms with E-state index < -0.39 is 29.1 Å². The molecule has 0 aromatic rings. The lowest BCUT2D eigenvalue weighted by Crippen LogP contribution is -2.56. The van der Waals surface area contributed by atoms with Crippen molar-refractivity contribution < 1.29 is 24.2 Å². The van der Waals surface area contributed by atoms with Gasteiger partial charge in [-0.1, -0.05) is 45.8 Å². The number of fused-ring (bicyclic) bond motifs is 1. The van der Waals surface area contributed by atoms with E-state index in [1.54, 1.807) is 22.0 Å². The van der Waals surface area contributed by atoms with E-state index in [4.69, 9.17) is 4.74 Å². The molecule has 3 aliphatic rings. The Labute approximate surface area is 229 Å². The highest BCUT2D eigenvalue weighted by Crippen LogP contribution is 2.64. The minimum atomic E-state index is -1.01. The Kier molecular flexibility index (Phi) is 10.6. The van der Waals surface area contributed by atoms with E-state index >= 15 is 0 Å². The van der Waals surface area contributed by atoms with Crippen LogP contribution in [-0.2, 0) is 19.1 Å². The molecule has 2 unspecified atom stereocenters. The van der Waals surface area contributed by atoms with Crippen LogP contribution in [-0.4, -0.2) is 94.1 Å². The van der Waals surface area contributed by atoms with E-state index in [2.05, 4.69) is 20.1 Å². The van der Waals surface area contributed by atoms with Crippen LogP contribution < -0.4 is 0 Å². The lowest BCUT2D eigenvalue weighted by molar-refractivity contribution is -0.155. The molecule has 38 heavy (non-hydrogen) atoms. The van der Waals surface area contributed by atoms with Gasteiger partial charge in [0, 0.05) is 39.3 Å². The molecule has 3 rings (SSSR count). The largest absolute Gasteiger partial charge is 0.396 e. The number of amides is 3. The number of nitrogens with zero attached hydrogens (tertiary/aromatic N) is 3. The molecule has 214 valence electrons. The van der Waals surface area contributed by atoms with E-state index in [1.165, 1.54) is 0 Å². The number of carbonyl (C=O) groups excluding carboxylic acids is 3. The predicted octanol–water partition coefficient (Wildman–Crippen LogP) is 3.54. The first-order valence-electron chi connectivity index (χ1n) is 14.7. The first-order valence-corrected chi connectivity index (χ1v) is 14.7. The number of hydrogen-bond donors (Lipinski definition) is 1. The fourth-order valence-electron chi connectivity index (χ4n) is 7.09. The Balaban J connectivity index is 2.05. The maximum Gasteiger partial charge on any atom is 0.248 e. The summed E-state index contributed by atoms with van der Waals surface area (Å²) in [6.45, 7) is 16.3. The van der Waals surface area contributed by atoms with Crippen LogP contribution in [0.2, 0.25) is 0 Å². The van der Waals surface area contributed by atoms with E-state index in [0.717, 1.165) is 25.7 Å². The van der Waals surface area contributed by atoms with Crippen LogP contribution in [0.5, 0.6) is 0 Å². The quantitative estimate of drug-likeness (QED) is 0.229. The number of aliphatic hydroxyl groups is 1. The van der Waals surface area contributed by atoms with Gasteiger partial charge in [-0.2, -0.15) is 0 Å². The summed E-state index contributed by atoms with van der Waals surface area (Å²) in [7, 11) is 0. The number of unbranched alkanes of at least 4 members (excludes halogenated alkanes) is 3. The fourth-order valence-corrected chi connectivity index (χ4v) is 7.09. The minimum absolute atomic E-state index is 0.0267. The van der Waals surface area contributed by atoms with Gasteiger partial charge in [-0.3, -0.25) is 14.4 Å². The molecule has 0 radical (unpaired) electrons. The van der Waals surface area contributed by atoms with Crippen LogP contribution in [0.15, 0.2) is 25.3 Å². The van der Waals surface area contributed by atoms with Gasteiger partial charge in [-0.05, 0) is 44.9 Å². The van der Waals surface area contributed by atoms with Crippen LogP contribution >= 0.6 is 0 Å². The van der Waals surface area contributed by atoms with Gasteiger partial charge in [0.1, 0.15) is 11.6 Å². The normalized spacial score (nSPS) is 29.4. The van der Waals surface area contributed by atoms with E-state index in [9.17, 15) is 19.5 Å². The summed E-state index contributed by atoms with van der Waals surface area (Å²) >= 11 is 0. The van der Waals surface area contributed by atoms with Gasteiger partial charge < -0.3 is 24.5 Å². The summed E-state index contributed by atoms with van der Waals surface area (Å²) in [4.78, 5) is 47.9. The highest BCUT2D eigenvalue weighted by atomic mass is 16.5. The lowest BCUT2D eigenvalue weighted by Gasteiger charge is -2.37. The van der Waals surface area contributed by atoms with Crippen molar-refractivity contribution in [1.82, 2.24) is 14.7 Å². The Hall–Kier alpha value is -2.19. The van der Waals surface area contributed by atoms with Crippen molar-refractivity contribution in [1.29, 1.82) is 0 Å². The molecule has 0 aromatic heterocycles. The average Bonchev–Trinajstić information content (AvgIpc) is 3.51. The third-order valence-corrected chi connectivity index (χ3v) is 8.84. The second kappa shape index (κ2) is 13.2. The van der Waals surface area contributed by atoms with Crippen molar-refractivity contribution in [3.8, 4) is 0 Å². The van der Waals surface area contributed by atoms with Crippen molar-refractivity contribution in [2.24, 2.45) is 11.8 Å². The van der Waals surface area contributed by atoms with Crippen LogP contribution in [0.4, 0.5) is 0 Å². The second-order valence-corrected chi connectivity index (χ2v) is 11.1. The molecule has 3 saturated heterocycles. The Morgan fingerprint density at radius 2 is 1.68 bits per heavy atom. The lowest BCUT2D eigenvalue weighted by atomic mass is 9.64. The molecule has 1 N–H and O–H groups in total. The van der Waals surface area contributed by atoms with Gasteiger partial charge in [-0.15, -0.1) is 13.2 Å². The van der Waals surface area contributed by atoms with Gasteiger partial charge in [0.2, 0.25) is 17.7 Å². The van der Waals surface area contributed by atoms with E-state index in [0.29, 0.717) is 64.8 Å². The Morgan fingerprint density at radius 1 is 1.00 bits per heavy atom. The van der Waals surface area contributed by atoms with Gasteiger partial charge in [-0.25, -0.2) is 0 Å². The molecule has 3 amide bonds. The molecule has 0 aromatic carbocycles. The Bertz CT molecular complexity index is 878. The first-order chi connectivity index (χ1) is 18.3. The van der Waals surface area contributed by atoms with Crippen LogP contribution in [0, 0.1) is 11.8 Å². The highest BCUT2D eigenvalue weighted by molar-refractivity contribution is 5.99. The van der Waals surface area contributed by atoms with Crippen LogP contribution in [0.1, 0.15) is 78.6 Å². The van der Waals surface area contributed by atoms with Gasteiger partial charge in [0.25, 0.3) is 0 Å². The Morgan fingerprint density at radius 3 is 2.26 bits per heavy atom. The van der Waals surface area contributed by atoms with Crippen LogP contribution in [0.3, 0.4) is 0 Å². The maximum absolute atomic E-state index is 14.3. The summed E-state index contributed by atoms with van der Waals surface area (Å²) in [6.07, 6.45) is 10.2. The van der Waals surface area contributed by atoms with Crippen LogP contribution in [0.25, 0.3) is 0 Å². The zero-order chi connectivity index (χ0) is 27.9. The molecule has 0 aliphatic carbocycles. The van der Waals surface area contributed by atoms with Crippen molar-refractivity contribution in [3.63, 3.8) is 0 Å². The minimum Gasteiger partial charge on any atom is -0.396 e. The van der Waals surface area contributed by atoms with Gasteiger partial charge >= 0.3 is 0 Å². The monoisotopic (exact) mass is 531 g/mol. The SMILES string of the molecule is C=CCN(CCCCC)C(=O)C1N(CCCCO)C(=O)[C@@H]2[C@H](C(=O)N(CC=C)CCC)[C@]3(CC)CCC12O3. The standard InChI is InChI=1S/C30H49N3O5/c1-6-11-12-20-32(19-9-4)28(37)25-30-16-15-29(10-5,38-30)23(26(35)31(17-7-2)18-8-3)24(30)27(36)33(25)21-13-14-22-34/h7,9,23-25,34H,2,4,6,8,10-22H2,1,3,5H3/t23-,24+,25?,29+,30?/m1/s1. The molecular weight excluding hydrogens is 482 g/mol. The number of hydrogen-bond acceptors (Lipinski definition) is 5. The first kappa shape index (κ1) is 30.4. The van der Waals surface area contributed by atoms with Crippen molar-refractivity contribution in [3.05, 3.63) is 25.3 Å². The summed E-state index contributed by atoms with van der Waals surface area (Å²) in [5.41, 5.74) is -1.76. The fraction of sp³-hybridized carbons (Fsp3) is 0.767. The molecule has 8 nitrogen and oxygen atoms in total. The molecule has 0 saturated carbocycles. The third kappa shape index (κ3) is 5.31. The molecule has 3 fully saturated rings. The summed E-state index contributed by atoms with van der Waals surface area (Å²) in [6, 6.07) is -0.773. The topological polar surface area (TPSA) is 90.4 Å². The number of ether oxygens (including phenoxy) is 1. The zero-order valence-corrected chi connectivity index (χ0v) is 23.8. The molecule has 3 heterocycles. The van der Waals surface area contributed by atoms with E-state index in [1.807, 2.05) is 18.7 Å². The number of rotatable bonds is 17. The number of likely N-dealkylation sites (tertiary alicyclic amines) is 1. The number of carbonyl (C=O) groups is 3. The molecule has 2 bridgehead atoms. The smallest absolute Gasteiger partial charge is 0.248 e. The van der Waals surface area contributed by atoms with Crippen molar-refractivity contribution in [2.75, 3.05) is 39.3 Å². The highest BCUT2D eigenvalue weighted by Gasteiger charge is 2.78. The summed E-state index contributed by atoms with van der Waals surface area (Å²) in [5, 5.41) is 9.39. The average molecular weight is 532 g/mol. The van der Waals surface area contributed by atoms with E-state index in [-0.39, 0.29) is 24.3 Å². The molecule has 3 aliphatic heterocycles. The van der Waals surface area contributed by atoms with Gasteiger partial charge in [0.05, 0.1) is 17.4 Å². The maximum atomic E-state index is 14.3. The summed E-state index contributed by atoms with van der Waals surface area (Å²) in [5.74, 6) is -1.64. The predicted molar refractivity (Wildman–Crippen MR) is 148 cm³/mol. The third-order valence-electron chi connectivity index (χ3n) is 8.84. The molecule has 5 atom stereocenters. The molecule has 8 heteroatoms. The zero-order valence-electron chi connectivity index (χ0n) is 23.8. The molecule has 1 spiro atoms. The summed E-state index contributed by atoms with van der Waals surface area (Å²) < 4.78 is 6.90. The van der Waals surface area contributed by atoms with Crippen molar-refractivity contribution >= 4 is 17.7 Å². The van der Waals surface area contributed by atoms with Gasteiger partial charge in [0.15, 0.2) is 0 Å². The number of aliphatic hydroxyl groups excluding tert-OH is 1. The molecular formula is C30H49N3O5. The van der Waals surface area contributed by atoms with Crippen molar-refractivity contribution in [2.45, 2.75) is 95.8 Å².